The summed E-state index contributed by atoms with van der Waals surface area (Å²) >= 11 is 0. The van der Waals surface area contributed by atoms with Crippen molar-refractivity contribution in [3.63, 3.8) is 0 Å². The summed E-state index contributed by atoms with van der Waals surface area (Å²) < 4.78 is 15.1. The summed E-state index contributed by atoms with van der Waals surface area (Å²) in [7, 11) is 0. The monoisotopic (exact) mass is 256 g/mol. The highest BCUT2D eigenvalue weighted by molar-refractivity contribution is 5.47. The van der Waals surface area contributed by atoms with Gasteiger partial charge >= 0.3 is 0 Å². The van der Waals surface area contributed by atoms with Crippen molar-refractivity contribution in [1.82, 2.24) is 14.6 Å². The van der Waals surface area contributed by atoms with Crippen LogP contribution in [0.5, 0.6) is 0 Å². The van der Waals surface area contributed by atoms with E-state index in [1.165, 1.54) is 12.1 Å². The van der Waals surface area contributed by atoms with E-state index in [9.17, 15) is 4.39 Å². The lowest BCUT2D eigenvalue weighted by Gasteiger charge is -2.02. The number of halogens is 1. The van der Waals surface area contributed by atoms with Gasteiger partial charge in [-0.1, -0.05) is 18.2 Å². The number of nitrogens with two attached hydrogens (primary N) is 1. The molecule has 0 amide bonds. The third-order valence-electron chi connectivity index (χ3n) is 3.06. The topological polar surface area (TPSA) is 56.2 Å². The first-order valence-corrected chi connectivity index (χ1v) is 6.04. The molecule has 2 aromatic heterocycles. The van der Waals surface area contributed by atoms with Gasteiger partial charge in [0.05, 0.1) is 0 Å². The van der Waals surface area contributed by atoms with E-state index in [2.05, 4.69) is 10.2 Å². The van der Waals surface area contributed by atoms with Crippen LogP contribution in [0.3, 0.4) is 0 Å². The van der Waals surface area contributed by atoms with Crippen LogP contribution >= 0.6 is 0 Å². The van der Waals surface area contributed by atoms with Crippen LogP contribution in [0.2, 0.25) is 0 Å². The van der Waals surface area contributed by atoms with E-state index in [0.29, 0.717) is 13.0 Å². The lowest BCUT2D eigenvalue weighted by molar-refractivity contribution is 0.625. The molecule has 0 bridgehead atoms. The summed E-state index contributed by atoms with van der Waals surface area (Å²) in [4.78, 5) is 0. The van der Waals surface area contributed by atoms with Crippen LogP contribution in [0, 0.1) is 5.82 Å². The van der Waals surface area contributed by atoms with Gasteiger partial charge in [0.1, 0.15) is 11.6 Å². The zero-order valence-corrected chi connectivity index (χ0v) is 10.3. The van der Waals surface area contributed by atoms with E-state index < -0.39 is 0 Å². The maximum absolute atomic E-state index is 13.2. The Labute approximate surface area is 109 Å². The average Bonchev–Trinajstić information content (AvgIpc) is 2.82. The van der Waals surface area contributed by atoms with Gasteiger partial charge in [-0.05, 0) is 23.8 Å². The third kappa shape index (κ3) is 2.20. The van der Waals surface area contributed by atoms with Gasteiger partial charge < -0.3 is 5.73 Å². The van der Waals surface area contributed by atoms with E-state index >= 15 is 0 Å². The average molecular weight is 256 g/mol. The Morgan fingerprint density at radius 1 is 1.16 bits per heavy atom. The summed E-state index contributed by atoms with van der Waals surface area (Å²) in [6, 6.07) is 10.3. The van der Waals surface area contributed by atoms with Crippen molar-refractivity contribution in [2.24, 2.45) is 5.73 Å². The molecule has 0 spiro atoms. The highest BCUT2D eigenvalue weighted by atomic mass is 19.1. The first-order chi connectivity index (χ1) is 9.28. The molecule has 19 heavy (non-hydrogen) atoms. The zero-order valence-electron chi connectivity index (χ0n) is 10.3. The van der Waals surface area contributed by atoms with Crippen LogP contribution < -0.4 is 5.73 Å². The smallest absolute Gasteiger partial charge is 0.165 e. The molecule has 0 aliphatic heterocycles. The predicted octanol–water partition coefficient (Wildman–Crippen LogP) is 1.92. The van der Waals surface area contributed by atoms with Crippen LogP contribution in [0.1, 0.15) is 17.0 Å². The van der Waals surface area contributed by atoms with Crippen molar-refractivity contribution in [1.29, 1.82) is 0 Å². The van der Waals surface area contributed by atoms with Gasteiger partial charge in [0.2, 0.25) is 0 Å². The molecule has 0 unspecified atom stereocenters. The maximum atomic E-state index is 13.2. The molecule has 0 fully saturated rings. The predicted molar refractivity (Wildman–Crippen MR) is 70.1 cm³/mol. The minimum absolute atomic E-state index is 0.242. The Kier molecular flexibility index (Phi) is 2.97. The molecule has 0 radical (unpaired) electrons. The van der Waals surface area contributed by atoms with E-state index in [1.54, 1.807) is 6.07 Å². The molecule has 1 aromatic carbocycles. The van der Waals surface area contributed by atoms with E-state index in [4.69, 9.17) is 5.73 Å². The molecule has 0 saturated carbocycles. The van der Waals surface area contributed by atoms with Gasteiger partial charge in [-0.2, -0.15) is 0 Å². The standard InChI is InChI=1S/C14H13FN4/c15-12-5-1-3-10(7-12)8-13-17-18-14-11(9-16)4-2-6-19(13)14/h1-7H,8-9,16H2. The molecule has 0 aliphatic rings. The lowest BCUT2D eigenvalue weighted by Crippen LogP contribution is -2.01. The molecular weight excluding hydrogens is 243 g/mol. The summed E-state index contributed by atoms with van der Waals surface area (Å²) in [5.41, 5.74) is 8.24. The normalized spacial score (nSPS) is 11.1. The Balaban J connectivity index is 2.02. The summed E-state index contributed by atoms with van der Waals surface area (Å²) in [5, 5.41) is 8.31. The van der Waals surface area contributed by atoms with Crippen molar-refractivity contribution >= 4 is 5.65 Å². The molecular formula is C14H13FN4. The van der Waals surface area contributed by atoms with Crippen LogP contribution in [0.4, 0.5) is 4.39 Å². The molecule has 5 heteroatoms. The summed E-state index contributed by atoms with van der Waals surface area (Å²) in [5.74, 6) is 0.532. The van der Waals surface area contributed by atoms with Crippen molar-refractivity contribution in [2.75, 3.05) is 0 Å². The fraction of sp³-hybridized carbons (Fsp3) is 0.143. The minimum atomic E-state index is -0.242. The van der Waals surface area contributed by atoms with E-state index in [-0.39, 0.29) is 5.82 Å². The number of hydrogen-bond acceptors (Lipinski definition) is 3. The quantitative estimate of drug-likeness (QED) is 0.779. The van der Waals surface area contributed by atoms with Gasteiger partial charge in [0.15, 0.2) is 5.65 Å². The molecule has 2 N–H and O–H groups in total. The molecule has 3 aromatic rings. The van der Waals surface area contributed by atoms with Crippen molar-refractivity contribution < 1.29 is 4.39 Å². The number of pyridine rings is 1. The van der Waals surface area contributed by atoms with Gasteiger partial charge in [-0.25, -0.2) is 4.39 Å². The van der Waals surface area contributed by atoms with Gasteiger partial charge in [-0.15, -0.1) is 10.2 Å². The SMILES string of the molecule is NCc1cccn2c(Cc3cccc(F)c3)nnc12. The molecule has 96 valence electrons. The first kappa shape index (κ1) is 11.8. The molecule has 4 nitrogen and oxygen atoms in total. The second-order valence-corrected chi connectivity index (χ2v) is 4.35. The van der Waals surface area contributed by atoms with Crippen LogP contribution in [0.25, 0.3) is 5.65 Å². The Morgan fingerprint density at radius 2 is 2.05 bits per heavy atom. The van der Waals surface area contributed by atoms with Crippen LogP contribution in [-0.2, 0) is 13.0 Å². The van der Waals surface area contributed by atoms with Crippen molar-refractivity contribution in [2.45, 2.75) is 13.0 Å². The molecule has 0 aliphatic carbocycles. The fourth-order valence-corrected chi connectivity index (χ4v) is 2.13. The first-order valence-electron chi connectivity index (χ1n) is 6.04. The molecule has 0 saturated heterocycles. The van der Waals surface area contributed by atoms with Crippen LogP contribution in [0.15, 0.2) is 42.6 Å². The molecule has 3 rings (SSSR count). The number of benzene rings is 1. The molecule has 0 atom stereocenters. The fourth-order valence-electron chi connectivity index (χ4n) is 2.13. The number of rotatable bonds is 3. The van der Waals surface area contributed by atoms with Gasteiger partial charge in [0.25, 0.3) is 0 Å². The highest BCUT2D eigenvalue weighted by Crippen LogP contribution is 2.13. The van der Waals surface area contributed by atoms with Crippen molar-refractivity contribution in [3.8, 4) is 0 Å². The maximum Gasteiger partial charge on any atom is 0.165 e. The Morgan fingerprint density at radius 3 is 2.84 bits per heavy atom. The Hall–Kier alpha value is -2.27. The lowest BCUT2D eigenvalue weighted by atomic mass is 10.1. The molecule has 2 heterocycles. The number of aromatic nitrogens is 3. The minimum Gasteiger partial charge on any atom is -0.326 e. The second kappa shape index (κ2) is 4.78. The Bertz CT molecular complexity index is 720. The van der Waals surface area contributed by atoms with E-state index in [1.807, 2.05) is 28.8 Å². The summed E-state index contributed by atoms with van der Waals surface area (Å²) in [6.45, 7) is 0.419. The zero-order chi connectivity index (χ0) is 13.2. The number of fused-ring (bicyclic) bond motifs is 1. The van der Waals surface area contributed by atoms with E-state index in [0.717, 1.165) is 22.6 Å². The van der Waals surface area contributed by atoms with Crippen LogP contribution in [-0.4, -0.2) is 14.6 Å². The van der Waals surface area contributed by atoms with Crippen molar-refractivity contribution in [3.05, 3.63) is 65.4 Å². The highest BCUT2D eigenvalue weighted by Gasteiger charge is 2.09. The van der Waals surface area contributed by atoms with Gasteiger partial charge in [0, 0.05) is 24.7 Å². The van der Waals surface area contributed by atoms with Gasteiger partial charge in [-0.3, -0.25) is 4.40 Å². The number of hydrogen-bond donors (Lipinski definition) is 1. The second-order valence-electron chi connectivity index (χ2n) is 4.35. The third-order valence-corrected chi connectivity index (χ3v) is 3.06. The number of nitrogens with zero attached hydrogens (tertiary/aromatic N) is 3. The summed E-state index contributed by atoms with van der Waals surface area (Å²) in [6.07, 6.45) is 2.43. The largest absolute Gasteiger partial charge is 0.326 e.